The number of nitrogens with zero attached hydrogens (tertiary/aromatic N) is 1. The Kier molecular flexibility index (Phi) is 5.81. The van der Waals surface area contributed by atoms with Crippen molar-refractivity contribution in [2.24, 2.45) is 0 Å². The maximum Gasteiger partial charge on any atom is 0.258 e. The molecular formula is C22H22N2O2S. The highest BCUT2D eigenvalue weighted by Crippen LogP contribution is 2.31. The molecule has 3 rings (SSSR count). The molecule has 138 valence electrons. The number of hydrogen-bond donors (Lipinski definition) is 1. The largest absolute Gasteiger partial charge is 0.495 e. The molecule has 0 unspecified atom stereocenters. The lowest BCUT2D eigenvalue weighted by Crippen LogP contribution is -2.14. The maximum atomic E-state index is 12.9. The molecule has 3 aromatic rings. The predicted octanol–water partition coefficient (Wildman–Crippen LogP) is 5.42. The second-order valence-corrected chi connectivity index (χ2v) is 7.42. The molecular weight excluding hydrogens is 356 g/mol. The zero-order chi connectivity index (χ0) is 19.4. The fraction of sp³-hybridized carbons (Fsp3) is 0.182. The summed E-state index contributed by atoms with van der Waals surface area (Å²) in [5.74, 6) is 0.416. The Balaban J connectivity index is 1.88. The molecule has 0 bridgehead atoms. The van der Waals surface area contributed by atoms with Crippen LogP contribution in [0.2, 0.25) is 0 Å². The van der Waals surface area contributed by atoms with Gasteiger partial charge in [-0.1, -0.05) is 23.9 Å². The van der Waals surface area contributed by atoms with Crippen molar-refractivity contribution in [2.45, 2.75) is 30.7 Å². The minimum Gasteiger partial charge on any atom is -0.495 e. The van der Waals surface area contributed by atoms with Crippen LogP contribution in [0.1, 0.15) is 27.0 Å². The third-order valence-electron chi connectivity index (χ3n) is 4.31. The Hall–Kier alpha value is -2.79. The number of nitrogens with one attached hydrogen (secondary N) is 1. The Labute approximate surface area is 164 Å². The van der Waals surface area contributed by atoms with E-state index in [0.29, 0.717) is 22.0 Å². The Bertz CT molecular complexity index is 986. The van der Waals surface area contributed by atoms with Gasteiger partial charge in [-0.05, 0) is 73.9 Å². The molecule has 0 saturated carbocycles. The van der Waals surface area contributed by atoms with Gasteiger partial charge in [0.15, 0.2) is 0 Å². The molecule has 0 radical (unpaired) electrons. The first kappa shape index (κ1) is 19.0. The standard InChI is InChI=1S/C22H22N2O2S/c1-14-7-10-20(26-4)19(12-14)24-21(25)18-6-5-11-23-22(18)27-17-9-8-15(2)16(3)13-17/h5-13H,1-4H3,(H,24,25). The molecule has 4 nitrogen and oxygen atoms in total. The normalized spacial score (nSPS) is 10.5. The van der Waals surface area contributed by atoms with Crippen LogP contribution < -0.4 is 10.1 Å². The van der Waals surface area contributed by atoms with Gasteiger partial charge in [0.1, 0.15) is 10.8 Å². The Morgan fingerprint density at radius 3 is 2.59 bits per heavy atom. The molecule has 0 aliphatic carbocycles. The van der Waals surface area contributed by atoms with Gasteiger partial charge in [0.2, 0.25) is 0 Å². The van der Waals surface area contributed by atoms with E-state index >= 15 is 0 Å². The highest BCUT2D eigenvalue weighted by atomic mass is 32.2. The fourth-order valence-electron chi connectivity index (χ4n) is 2.64. The Morgan fingerprint density at radius 2 is 1.85 bits per heavy atom. The van der Waals surface area contributed by atoms with Crippen LogP contribution in [-0.2, 0) is 0 Å². The molecule has 2 aromatic carbocycles. The molecule has 1 amide bonds. The van der Waals surface area contributed by atoms with E-state index in [0.717, 1.165) is 10.5 Å². The van der Waals surface area contributed by atoms with Crippen molar-refractivity contribution in [2.75, 3.05) is 12.4 Å². The first-order chi connectivity index (χ1) is 13.0. The van der Waals surface area contributed by atoms with Crippen molar-refractivity contribution in [3.8, 4) is 5.75 Å². The topological polar surface area (TPSA) is 51.2 Å². The van der Waals surface area contributed by atoms with E-state index < -0.39 is 0 Å². The summed E-state index contributed by atoms with van der Waals surface area (Å²) in [5, 5.41) is 3.62. The average Bonchev–Trinajstić information content (AvgIpc) is 2.65. The number of aryl methyl sites for hydroxylation is 3. The lowest BCUT2D eigenvalue weighted by molar-refractivity contribution is 0.102. The number of hydrogen-bond acceptors (Lipinski definition) is 4. The lowest BCUT2D eigenvalue weighted by Gasteiger charge is -2.13. The van der Waals surface area contributed by atoms with Crippen LogP contribution in [0.4, 0.5) is 5.69 Å². The smallest absolute Gasteiger partial charge is 0.258 e. The SMILES string of the molecule is COc1ccc(C)cc1NC(=O)c1cccnc1Sc1ccc(C)c(C)c1. The summed E-state index contributed by atoms with van der Waals surface area (Å²) in [6.45, 7) is 6.13. The molecule has 0 saturated heterocycles. The molecule has 0 aliphatic heterocycles. The summed E-state index contributed by atoms with van der Waals surface area (Å²) < 4.78 is 5.35. The van der Waals surface area contributed by atoms with Crippen molar-refractivity contribution in [3.05, 3.63) is 77.0 Å². The van der Waals surface area contributed by atoms with Crippen molar-refractivity contribution < 1.29 is 9.53 Å². The van der Waals surface area contributed by atoms with E-state index in [1.807, 2.05) is 31.2 Å². The zero-order valence-corrected chi connectivity index (χ0v) is 16.7. The van der Waals surface area contributed by atoms with Crippen LogP contribution in [0, 0.1) is 20.8 Å². The average molecular weight is 378 g/mol. The number of pyridine rings is 1. The molecule has 5 heteroatoms. The van der Waals surface area contributed by atoms with Gasteiger partial charge in [0.25, 0.3) is 5.91 Å². The van der Waals surface area contributed by atoms with Gasteiger partial charge in [-0.25, -0.2) is 4.98 Å². The van der Waals surface area contributed by atoms with E-state index in [1.54, 1.807) is 25.4 Å². The second-order valence-electron chi connectivity index (χ2n) is 6.36. The number of carbonyl (C=O) groups is 1. The second kappa shape index (κ2) is 8.27. The molecule has 0 aliphatic rings. The molecule has 0 spiro atoms. The van der Waals surface area contributed by atoms with Crippen LogP contribution in [-0.4, -0.2) is 18.0 Å². The van der Waals surface area contributed by atoms with Gasteiger partial charge in [0.05, 0.1) is 18.4 Å². The zero-order valence-electron chi connectivity index (χ0n) is 15.9. The minimum atomic E-state index is -0.210. The van der Waals surface area contributed by atoms with Crippen molar-refractivity contribution >= 4 is 23.4 Å². The molecule has 1 heterocycles. The number of carbonyl (C=O) groups excluding carboxylic acids is 1. The number of methoxy groups -OCH3 is 1. The highest BCUT2D eigenvalue weighted by molar-refractivity contribution is 7.99. The van der Waals surface area contributed by atoms with E-state index in [4.69, 9.17) is 4.74 Å². The molecule has 1 aromatic heterocycles. The van der Waals surface area contributed by atoms with E-state index in [2.05, 4.69) is 36.3 Å². The molecule has 1 N–H and O–H groups in total. The number of aromatic nitrogens is 1. The number of ether oxygens (including phenoxy) is 1. The number of amides is 1. The third-order valence-corrected chi connectivity index (χ3v) is 5.32. The van der Waals surface area contributed by atoms with Crippen molar-refractivity contribution in [3.63, 3.8) is 0 Å². The Morgan fingerprint density at radius 1 is 1.04 bits per heavy atom. The van der Waals surface area contributed by atoms with E-state index in [1.165, 1.54) is 22.9 Å². The highest BCUT2D eigenvalue weighted by Gasteiger charge is 2.16. The van der Waals surface area contributed by atoms with Crippen molar-refractivity contribution in [1.29, 1.82) is 0 Å². The van der Waals surface area contributed by atoms with Gasteiger partial charge >= 0.3 is 0 Å². The summed E-state index contributed by atoms with van der Waals surface area (Å²) in [7, 11) is 1.59. The van der Waals surface area contributed by atoms with Crippen LogP contribution in [0.3, 0.4) is 0 Å². The van der Waals surface area contributed by atoms with Crippen LogP contribution >= 0.6 is 11.8 Å². The van der Waals surface area contributed by atoms with E-state index in [9.17, 15) is 4.79 Å². The molecule has 0 atom stereocenters. The van der Waals surface area contributed by atoms with Crippen LogP contribution in [0.25, 0.3) is 0 Å². The number of anilines is 1. The van der Waals surface area contributed by atoms with Crippen molar-refractivity contribution in [1.82, 2.24) is 4.98 Å². The summed E-state index contributed by atoms with van der Waals surface area (Å²) in [6.07, 6.45) is 1.70. The van der Waals surface area contributed by atoms with Gasteiger partial charge in [0, 0.05) is 11.1 Å². The first-order valence-corrected chi connectivity index (χ1v) is 9.45. The van der Waals surface area contributed by atoms with Gasteiger partial charge in [-0.3, -0.25) is 4.79 Å². The maximum absolute atomic E-state index is 12.9. The van der Waals surface area contributed by atoms with Crippen LogP contribution in [0.15, 0.2) is 64.6 Å². The quantitative estimate of drug-likeness (QED) is 0.644. The summed E-state index contributed by atoms with van der Waals surface area (Å²) in [5.41, 5.74) is 4.68. The fourth-order valence-corrected chi connectivity index (χ4v) is 3.62. The lowest BCUT2D eigenvalue weighted by atomic mass is 10.1. The van der Waals surface area contributed by atoms with Gasteiger partial charge < -0.3 is 10.1 Å². The summed E-state index contributed by atoms with van der Waals surface area (Å²) in [6, 6.07) is 15.5. The summed E-state index contributed by atoms with van der Waals surface area (Å²) >= 11 is 1.49. The summed E-state index contributed by atoms with van der Waals surface area (Å²) in [4.78, 5) is 18.4. The molecule has 0 fully saturated rings. The number of benzene rings is 2. The first-order valence-electron chi connectivity index (χ1n) is 8.64. The number of rotatable bonds is 5. The van der Waals surface area contributed by atoms with E-state index in [-0.39, 0.29) is 5.91 Å². The monoisotopic (exact) mass is 378 g/mol. The minimum absolute atomic E-state index is 0.210. The van der Waals surface area contributed by atoms with Gasteiger partial charge in [-0.15, -0.1) is 0 Å². The van der Waals surface area contributed by atoms with Gasteiger partial charge in [-0.2, -0.15) is 0 Å². The van der Waals surface area contributed by atoms with Crippen LogP contribution in [0.5, 0.6) is 5.75 Å². The molecule has 27 heavy (non-hydrogen) atoms. The third kappa shape index (κ3) is 4.49. The predicted molar refractivity (Wildman–Crippen MR) is 110 cm³/mol.